The molecular formula is C23H15ClN4O4. The maximum atomic E-state index is 12.9. The Morgan fingerprint density at radius 1 is 0.750 bits per heavy atom. The van der Waals surface area contributed by atoms with Crippen LogP contribution in [0.15, 0.2) is 77.6 Å². The second kappa shape index (κ2) is 8.83. The minimum atomic E-state index is -0.729. The third-order valence-electron chi connectivity index (χ3n) is 4.72. The summed E-state index contributed by atoms with van der Waals surface area (Å²) in [5.41, 5.74) is 4.66. The van der Waals surface area contributed by atoms with Crippen molar-refractivity contribution in [2.75, 3.05) is 0 Å². The number of carbonyl (C=O) groups excluding carboxylic acids is 3. The van der Waals surface area contributed by atoms with E-state index in [1.54, 1.807) is 60.7 Å². The molecule has 9 heteroatoms. The van der Waals surface area contributed by atoms with Crippen LogP contribution in [0.3, 0.4) is 0 Å². The molecule has 0 unspecified atom stereocenters. The Kier molecular flexibility index (Phi) is 5.78. The molecule has 2 amide bonds. The van der Waals surface area contributed by atoms with Crippen LogP contribution < -0.4 is 16.4 Å². The van der Waals surface area contributed by atoms with E-state index in [1.165, 1.54) is 12.1 Å². The van der Waals surface area contributed by atoms with E-state index in [1.807, 2.05) is 0 Å². The van der Waals surface area contributed by atoms with Gasteiger partial charge in [-0.15, -0.1) is 0 Å². The summed E-state index contributed by atoms with van der Waals surface area (Å²) >= 11 is 5.87. The van der Waals surface area contributed by atoms with Crippen LogP contribution in [0.5, 0.6) is 0 Å². The van der Waals surface area contributed by atoms with E-state index >= 15 is 0 Å². The molecular weight excluding hydrogens is 432 g/mol. The van der Waals surface area contributed by atoms with Crippen LogP contribution in [0.2, 0.25) is 5.02 Å². The fourth-order valence-corrected chi connectivity index (χ4v) is 3.29. The molecule has 0 atom stereocenters. The van der Waals surface area contributed by atoms with Gasteiger partial charge >= 0.3 is 0 Å². The SMILES string of the molecule is O=C(NNC(=O)c1n[nH]c(=O)c2ccccc12)c1ccccc1C(=O)c1ccc(Cl)cc1. The quantitative estimate of drug-likeness (QED) is 0.329. The summed E-state index contributed by atoms with van der Waals surface area (Å²) in [4.78, 5) is 50.1. The topological polar surface area (TPSA) is 121 Å². The lowest BCUT2D eigenvalue weighted by Gasteiger charge is -2.11. The van der Waals surface area contributed by atoms with Crippen LogP contribution in [0.4, 0.5) is 0 Å². The Labute approximate surface area is 186 Å². The van der Waals surface area contributed by atoms with Crippen LogP contribution >= 0.6 is 11.6 Å². The number of carbonyl (C=O) groups is 3. The van der Waals surface area contributed by atoms with Crippen LogP contribution in [0.1, 0.15) is 36.8 Å². The van der Waals surface area contributed by atoms with Crippen molar-refractivity contribution >= 4 is 40.0 Å². The largest absolute Gasteiger partial charge is 0.290 e. The predicted molar refractivity (Wildman–Crippen MR) is 119 cm³/mol. The second-order valence-electron chi connectivity index (χ2n) is 6.74. The molecule has 4 aromatic rings. The molecule has 0 aliphatic carbocycles. The number of hydrazine groups is 1. The molecule has 0 aliphatic rings. The number of amides is 2. The van der Waals surface area contributed by atoms with E-state index in [0.717, 1.165) is 0 Å². The van der Waals surface area contributed by atoms with Crippen molar-refractivity contribution in [3.05, 3.63) is 111 Å². The lowest BCUT2D eigenvalue weighted by molar-refractivity contribution is 0.0842. The van der Waals surface area contributed by atoms with E-state index in [2.05, 4.69) is 21.0 Å². The Hall–Kier alpha value is -4.30. The minimum Gasteiger partial charge on any atom is -0.289 e. The van der Waals surface area contributed by atoms with Crippen molar-refractivity contribution in [2.24, 2.45) is 0 Å². The number of H-pyrrole nitrogens is 1. The first-order chi connectivity index (χ1) is 15.5. The standard InChI is InChI=1S/C23H15ClN4O4/c24-14-11-9-13(10-12-14)20(29)16-6-2-4-8-18(16)22(31)27-28-23(32)19-15-5-1-3-7-17(15)21(30)26-25-19/h1-12H,(H,26,30)(H,27,31)(H,28,32). The van der Waals surface area contributed by atoms with Crippen molar-refractivity contribution in [1.29, 1.82) is 0 Å². The van der Waals surface area contributed by atoms with Crippen LogP contribution in [0, 0.1) is 0 Å². The summed E-state index contributed by atoms with van der Waals surface area (Å²) in [7, 11) is 0. The number of nitrogens with one attached hydrogen (secondary N) is 3. The number of ketones is 1. The van der Waals surface area contributed by atoms with E-state index in [0.29, 0.717) is 16.0 Å². The fourth-order valence-electron chi connectivity index (χ4n) is 3.16. The van der Waals surface area contributed by atoms with Crippen molar-refractivity contribution < 1.29 is 14.4 Å². The molecule has 1 aromatic heterocycles. The molecule has 4 rings (SSSR count). The van der Waals surface area contributed by atoms with Gasteiger partial charge in [0.05, 0.1) is 10.9 Å². The highest BCUT2D eigenvalue weighted by atomic mass is 35.5. The van der Waals surface area contributed by atoms with Gasteiger partial charge in [-0.2, -0.15) is 5.10 Å². The van der Waals surface area contributed by atoms with Gasteiger partial charge in [-0.1, -0.05) is 48.0 Å². The molecule has 3 aromatic carbocycles. The van der Waals surface area contributed by atoms with Gasteiger partial charge in [0.1, 0.15) is 0 Å². The Bertz CT molecular complexity index is 1410. The summed E-state index contributed by atoms with van der Waals surface area (Å²) in [5, 5.41) is 7.15. The van der Waals surface area contributed by atoms with Gasteiger partial charge < -0.3 is 0 Å². The van der Waals surface area contributed by atoms with E-state index < -0.39 is 17.4 Å². The highest BCUT2D eigenvalue weighted by molar-refractivity contribution is 6.30. The number of rotatable bonds is 4. The van der Waals surface area contributed by atoms with Gasteiger partial charge in [-0.3, -0.25) is 30.0 Å². The summed E-state index contributed by atoms with van der Waals surface area (Å²) in [6.07, 6.45) is 0. The number of halogens is 1. The number of hydrogen-bond acceptors (Lipinski definition) is 5. The maximum absolute atomic E-state index is 12.9. The average molecular weight is 447 g/mol. The van der Waals surface area contributed by atoms with E-state index in [-0.39, 0.29) is 28.0 Å². The first-order valence-electron chi connectivity index (χ1n) is 9.43. The molecule has 8 nitrogen and oxygen atoms in total. The molecule has 32 heavy (non-hydrogen) atoms. The summed E-state index contributed by atoms with van der Waals surface area (Å²) < 4.78 is 0. The Morgan fingerprint density at radius 2 is 1.34 bits per heavy atom. The first kappa shape index (κ1) is 21.0. The zero-order chi connectivity index (χ0) is 22.7. The Morgan fingerprint density at radius 3 is 2.06 bits per heavy atom. The number of benzene rings is 3. The summed E-state index contributed by atoms with van der Waals surface area (Å²) in [6.45, 7) is 0. The molecule has 3 N–H and O–H groups in total. The molecule has 0 aliphatic heterocycles. The third kappa shape index (κ3) is 4.12. The number of aromatic nitrogens is 2. The van der Waals surface area contributed by atoms with Gasteiger partial charge in [0.2, 0.25) is 0 Å². The van der Waals surface area contributed by atoms with Gasteiger partial charge in [0.25, 0.3) is 17.4 Å². The third-order valence-corrected chi connectivity index (χ3v) is 4.98. The number of aromatic amines is 1. The summed E-state index contributed by atoms with van der Waals surface area (Å²) in [5.74, 6) is -1.79. The highest BCUT2D eigenvalue weighted by Crippen LogP contribution is 2.17. The van der Waals surface area contributed by atoms with E-state index in [4.69, 9.17) is 11.6 Å². The monoisotopic (exact) mass is 446 g/mol. The van der Waals surface area contributed by atoms with Crippen molar-refractivity contribution in [3.8, 4) is 0 Å². The van der Waals surface area contributed by atoms with Crippen LogP contribution in [-0.4, -0.2) is 27.8 Å². The van der Waals surface area contributed by atoms with Crippen molar-refractivity contribution in [1.82, 2.24) is 21.0 Å². The number of fused-ring (bicyclic) bond motifs is 1. The van der Waals surface area contributed by atoms with Crippen molar-refractivity contribution in [2.45, 2.75) is 0 Å². The predicted octanol–water partition coefficient (Wildman–Crippen LogP) is 2.88. The average Bonchev–Trinajstić information content (AvgIpc) is 2.83. The molecule has 0 fully saturated rings. The van der Waals surface area contributed by atoms with Gasteiger partial charge in [-0.05, 0) is 36.4 Å². The fraction of sp³-hybridized carbons (Fsp3) is 0. The lowest BCUT2D eigenvalue weighted by atomic mass is 9.98. The van der Waals surface area contributed by atoms with Gasteiger partial charge in [0, 0.05) is 21.5 Å². The molecule has 0 radical (unpaired) electrons. The number of nitrogens with zero attached hydrogens (tertiary/aromatic N) is 1. The molecule has 0 saturated carbocycles. The zero-order valence-corrected chi connectivity index (χ0v) is 17.1. The van der Waals surface area contributed by atoms with Gasteiger partial charge in [-0.25, -0.2) is 5.10 Å². The lowest BCUT2D eigenvalue weighted by Crippen LogP contribution is -2.42. The van der Waals surface area contributed by atoms with Gasteiger partial charge in [0.15, 0.2) is 11.5 Å². The summed E-state index contributed by atoms with van der Waals surface area (Å²) in [6, 6.07) is 19.0. The Balaban J connectivity index is 1.55. The molecule has 0 spiro atoms. The molecule has 0 bridgehead atoms. The van der Waals surface area contributed by atoms with Crippen LogP contribution in [-0.2, 0) is 0 Å². The van der Waals surface area contributed by atoms with E-state index in [9.17, 15) is 19.2 Å². The molecule has 0 saturated heterocycles. The minimum absolute atomic E-state index is 0.0639. The number of hydrogen-bond donors (Lipinski definition) is 3. The smallest absolute Gasteiger partial charge is 0.289 e. The highest BCUT2D eigenvalue weighted by Gasteiger charge is 2.20. The zero-order valence-electron chi connectivity index (χ0n) is 16.4. The maximum Gasteiger partial charge on any atom is 0.290 e. The normalized spacial score (nSPS) is 10.5. The van der Waals surface area contributed by atoms with Crippen molar-refractivity contribution in [3.63, 3.8) is 0 Å². The molecule has 1 heterocycles. The molecule has 158 valence electrons. The first-order valence-corrected chi connectivity index (χ1v) is 9.81. The van der Waals surface area contributed by atoms with Crippen LogP contribution in [0.25, 0.3) is 10.8 Å². The second-order valence-corrected chi connectivity index (χ2v) is 7.17.